The first-order valence-corrected chi connectivity index (χ1v) is 7.38. The molecule has 2 aromatic rings. The summed E-state index contributed by atoms with van der Waals surface area (Å²) in [5.74, 6) is -0.386. The van der Waals surface area contributed by atoms with Gasteiger partial charge in [-0.05, 0) is 19.1 Å². The highest BCUT2D eigenvalue weighted by Gasteiger charge is 2.29. The minimum atomic E-state index is -0.532. The van der Waals surface area contributed by atoms with E-state index in [0.29, 0.717) is 18.8 Å². The number of nitrogens with one attached hydrogen (secondary N) is 1. The molecule has 0 bridgehead atoms. The zero-order chi connectivity index (χ0) is 15.7. The zero-order valence-corrected chi connectivity index (χ0v) is 14.0. The molecule has 124 valence electrons. The molecule has 0 radical (unpaired) electrons. The molecular formula is C15H16Cl2FN3O2. The number of halogens is 3. The first-order chi connectivity index (χ1) is 10.6. The molecule has 1 fully saturated rings. The first kappa shape index (κ1) is 17.7. The molecule has 1 aliphatic heterocycles. The SMILES string of the molecule is Cc1onc(-c2c(F)cccc2Cl)c1C(=O)N1CCNCC1.Cl. The Labute approximate surface area is 144 Å². The number of benzene rings is 1. The lowest BCUT2D eigenvalue weighted by Gasteiger charge is -2.27. The number of hydrogen-bond acceptors (Lipinski definition) is 4. The van der Waals surface area contributed by atoms with Gasteiger partial charge in [0.2, 0.25) is 0 Å². The molecule has 1 aliphatic rings. The van der Waals surface area contributed by atoms with Gasteiger partial charge >= 0.3 is 0 Å². The summed E-state index contributed by atoms with van der Waals surface area (Å²) in [6.07, 6.45) is 0. The van der Waals surface area contributed by atoms with E-state index in [9.17, 15) is 9.18 Å². The van der Waals surface area contributed by atoms with E-state index >= 15 is 0 Å². The van der Waals surface area contributed by atoms with Gasteiger partial charge in [-0.25, -0.2) is 4.39 Å². The van der Waals surface area contributed by atoms with Crippen molar-refractivity contribution in [3.05, 3.63) is 40.4 Å². The second kappa shape index (κ2) is 7.29. The van der Waals surface area contributed by atoms with Gasteiger partial charge in [0, 0.05) is 26.2 Å². The number of piperazine rings is 1. The van der Waals surface area contributed by atoms with Crippen molar-refractivity contribution in [2.24, 2.45) is 0 Å². The quantitative estimate of drug-likeness (QED) is 0.895. The maximum Gasteiger partial charge on any atom is 0.259 e. The number of carbonyl (C=O) groups excluding carboxylic acids is 1. The van der Waals surface area contributed by atoms with Gasteiger partial charge in [-0.2, -0.15) is 0 Å². The summed E-state index contributed by atoms with van der Waals surface area (Å²) < 4.78 is 19.3. The fourth-order valence-electron chi connectivity index (χ4n) is 2.54. The number of hydrogen-bond donors (Lipinski definition) is 1. The van der Waals surface area contributed by atoms with Crippen molar-refractivity contribution in [1.82, 2.24) is 15.4 Å². The van der Waals surface area contributed by atoms with Crippen LogP contribution in [0, 0.1) is 12.7 Å². The van der Waals surface area contributed by atoms with Gasteiger partial charge in [0.1, 0.15) is 22.8 Å². The Morgan fingerprint density at radius 3 is 2.74 bits per heavy atom. The predicted octanol–water partition coefficient (Wildman–Crippen LogP) is 2.91. The fourth-order valence-corrected chi connectivity index (χ4v) is 2.80. The lowest BCUT2D eigenvalue weighted by Crippen LogP contribution is -2.46. The maximum atomic E-state index is 14.1. The van der Waals surface area contributed by atoms with Gasteiger partial charge in [0.05, 0.1) is 10.6 Å². The van der Waals surface area contributed by atoms with Crippen molar-refractivity contribution < 1.29 is 13.7 Å². The normalized spacial score (nSPS) is 14.5. The number of carbonyl (C=O) groups is 1. The molecule has 0 unspecified atom stereocenters. The molecule has 1 N–H and O–H groups in total. The molecule has 1 aromatic heterocycles. The van der Waals surface area contributed by atoms with Crippen LogP contribution in [0.3, 0.4) is 0 Å². The summed E-state index contributed by atoms with van der Waals surface area (Å²) in [6.45, 7) is 4.28. The summed E-state index contributed by atoms with van der Waals surface area (Å²) in [7, 11) is 0. The van der Waals surface area contributed by atoms with Crippen molar-refractivity contribution in [1.29, 1.82) is 0 Å². The van der Waals surface area contributed by atoms with Gasteiger partial charge < -0.3 is 14.7 Å². The monoisotopic (exact) mass is 359 g/mol. The molecule has 0 atom stereocenters. The van der Waals surface area contributed by atoms with Crippen LogP contribution in [0.2, 0.25) is 5.02 Å². The summed E-state index contributed by atoms with van der Waals surface area (Å²) in [4.78, 5) is 14.4. The average molecular weight is 360 g/mol. The van der Waals surface area contributed by atoms with Gasteiger partial charge in [0.25, 0.3) is 5.91 Å². The van der Waals surface area contributed by atoms with Crippen molar-refractivity contribution in [3.8, 4) is 11.3 Å². The van der Waals surface area contributed by atoms with Crippen LogP contribution in [0.4, 0.5) is 4.39 Å². The van der Waals surface area contributed by atoms with E-state index < -0.39 is 5.82 Å². The highest BCUT2D eigenvalue weighted by Crippen LogP contribution is 2.34. The molecule has 0 saturated carbocycles. The summed E-state index contributed by atoms with van der Waals surface area (Å²) >= 11 is 6.08. The van der Waals surface area contributed by atoms with Gasteiger partial charge in [0.15, 0.2) is 0 Å². The molecule has 5 nitrogen and oxygen atoms in total. The van der Waals surface area contributed by atoms with E-state index in [1.54, 1.807) is 17.9 Å². The molecule has 8 heteroatoms. The van der Waals surface area contributed by atoms with E-state index in [4.69, 9.17) is 16.1 Å². The third-order valence-corrected chi connectivity index (χ3v) is 4.00. The van der Waals surface area contributed by atoms with Gasteiger partial charge in [-0.15, -0.1) is 12.4 Å². The Balaban J connectivity index is 0.00000192. The second-order valence-corrected chi connectivity index (χ2v) is 5.51. The number of aryl methyl sites for hydroxylation is 1. The molecule has 0 aliphatic carbocycles. The third kappa shape index (κ3) is 3.34. The molecule has 23 heavy (non-hydrogen) atoms. The molecule has 1 aromatic carbocycles. The Morgan fingerprint density at radius 1 is 1.39 bits per heavy atom. The van der Waals surface area contributed by atoms with Crippen molar-refractivity contribution in [2.45, 2.75) is 6.92 Å². The van der Waals surface area contributed by atoms with Crippen LogP contribution in [-0.4, -0.2) is 42.1 Å². The smallest absolute Gasteiger partial charge is 0.259 e. The summed E-state index contributed by atoms with van der Waals surface area (Å²) in [5.41, 5.74) is 0.525. The van der Waals surface area contributed by atoms with Crippen LogP contribution in [0.25, 0.3) is 11.3 Å². The molecular weight excluding hydrogens is 344 g/mol. The van der Waals surface area contributed by atoms with E-state index in [-0.39, 0.29) is 40.2 Å². The number of nitrogens with zero attached hydrogens (tertiary/aromatic N) is 2. The fraction of sp³-hybridized carbons (Fsp3) is 0.333. The van der Waals surface area contributed by atoms with Crippen molar-refractivity contribution in [2.75, 3.05) is 26.2 Å². The lowest BCUT2D eigenvalue weighted by atomic mass is 10.0. The minimum absolute atomic E-state index is 0. The molecule has 2 heterocycles. The van der Waals surface area contributed by atoms with E-state index in [1.165, 1.54) is 12.1 Å². The number of amides is 1. The zero-order valence-electron chi connectivity index (χ0n) is 12.4. The Bertz CT molecular complexity index is 694. The van der Waals surface area contributed by atoms with Crippen LogP contribution in [0.1, 0.15) is 16.1 Å². The minimum Gasteiger partial charge on any atom is -0.360 e. The standard InChI is InChI=1S/C15H15ClFN3O2.ClH/c1-9-12(15(21)20-7-5-18-6-8-20)14(19-22-9)13-10(16)3-2-4-11(13)17;/h2-4,18H,5-8H2,1H3;1H. The molecule has 1 saturated heterocycles. The Morgan fingerprint density at radius 2 is 2.09 bits per heavy atom. The summed E-state index contributed by atoms with van der Waals surface area (Å²) in [6, 6.07) is 4.35. The lowest BCUT2D eigenvalue weighted by molar-refractivity contribution is 0.0734. The predicted molar refractivity (Wildman–Crippen MR) is 87.7 cm³/mol. The van der Waals surface area contributed by atoms with E-state index in [1.807, 2.05) is 0 Å². The number of aromatic nitrogens is 1. The Hall–Kier alpha value is -1.63. The van der Waals surface area contributed by atoms with Crippen molar-refractivity contribution in [3.63, 3.8) is 0 Å². The maximum absolute atomic E-state index is 14.1. The van der Waals surface area contributed by atoms with Gasteiger partial charge in [-0.1, -0.05) is 22.8 Å². The molecule has 0 spiro atoms. The van der Waals surface area contributed by atoms with Crippen LogP contribution < -0.4 is 5.32 Å². The largest absolute Gasteiger partial charge is 0.360 e. The van der Waals surface area contributed by atoms with Crippen LogP contribution >= 0.6 is 24.0 Å². The topological polar surface area (TPSA) is 58.4 Å². The second-order valence-electron chi connectivity index (χ2n) is 5.10. The van der Waals surface area contributed by atoms with E-state index in [2.05, 4.69) is 10.5 Å². The first-order valence-electron chi connectivity index (χ1n) is 7.00. The van der Waals surface area contributed by atoms with Crippen LogP contribution in [0.15, 0.2) is 22.7 Å². The summed E-state index contributed by atoms with van der Waals surface area (Å²) in [5, 5.41) is 7.24. The van der Waals surface area contributed by atoms with E-state index in [0.717, 1.165) is 13.1 Å². The van der Waals surface area contributed by atoms with Crippen molar-refractivity contribution >= 4 is 29.9 Å². The molecule has 1 amide bonds. The highest BCUT2D eigenvalue weighted by molar-refractivity contribution is 6.33. The highest BCUT2D eigenvalue weighted by atomic mass is 35.5. The van der Waals surface area contributed by atoms with Crippen LogP contribution in [-0.2, 0) is 0 Å². The molecule has 3 rings (SSSR count). The Kier molecular flexibility index (Phi) is 5.62. The third-order valence-electron chi connectivity index (χ3n) is 3.68. The van der Waals surface area contributed by atoms with Crippen LogP contribution in [0.5, 0.6) is 0 Å². The number of rotatable bonds is 2. The average Bonchev–Trinajstić information content (AvgIpc) is 2.89. The van der Waals surface area contributed by atoms with Gasteiger partial charge in [-0.3, -0.25) is 4.79 Å².